The summed E-state index contributed by atoms with van der Waals surface area (Å²) in [7, 11) is 0. The summed E-state index contributed by atoms with van der Waals surface area (Å²) in [5.74, 6) is 0.227. The van der Waals surface area contributed by atoms with Gasteiger partial charge in [0, 0.05) is 18.0 Å². The van der Waals surface area contributed by atoms with E-state index in [1.54, 1.807) is 11.3 Å². The lowest BCUT2D eigenvalue weighted by Crippen LogP contribution is -2.37. The van der Waals surface area contributed by atoms with Crippen molar-refractivity contribution >= 4 is 11.3 Å². The first-order chi connectivity index (χ1) is 8.59. The molecule has 1 rings (SSSR count). The molecule has 0 saturated carbocycles. The Morgan fingerprint density at radius 3 is 2.72 bits per heavy atom. The molecule has 0 aromatic carbocycles. The first-order valence-electron chi connectivity index (χ1n) is 6.26. The van der Waals surface area contributed by atoms with Crippen molar-refractivity contribution in [2.75, 3.05) is 19.7 Å². The van der Waals surface area contributed by atoms with Gasteiger partial charge in [0.2, 0.25) is 0 Å². The summed E-state index contributed by atoms with van der Waals surface area (Å²) in [6.45, 7) is 5.72. The van der Waals surface area contributed by atoms with Gasteiger partial charge in [0.25, 0.3) is 0 Å². The number of thiophene rings is 1. The zero-order valence-corrected chi connectivity index (χ0v) is 11.8. The average Bonchev–Trinajstić information content (AvgIpc) is 2.81. The third-order valence-corrected chi connectivity index (χ3v) is 3.49. The Morgan fingerprint density at radius 2 is 2.11 bits per heavy atom. The van der Waals surface area contributed by atoms with Gasteiger partial charge in [-0.05, 0) is 17.4 Å². The summed E-state index contributed by atoms with van der Waals surface area (Å²) < 4.78 is 5.40. The molecule has 0 saturated heterocycles. The van der Waals surface area contributed by atoms with Crippen molar-refractivity contribution in [1.29, 1.82) is 0 Å². The van der Waals surface area contributed by atoms with Crippen LogP contribution in [0.1, 0.15) is 18.7 Å². The lowest BCUT2D eigenvalue weighted by atomic mass is 10.1. The van der Waals surface area contributed by atoms with E-state index in [9.17, 15) is 10.2 Å². The van der Waals surface area contributed by atoms with Gasteiger partial charge in [0.05, 0.1) is 25.4 Å². The molecule has 4 nitrogen and oxygen atoms in total. The first kappa shape index (κ1) is 15.6. The molecule has 3 N–H and O–H groups in total. The highest BCUT2D eigenvalue weighted by atomic mass is 32.1. The van der Waals surface area contributed by atoms with Gasteiger partial charge in [-0.1, -0.05) is 19.9 Å². The second kappa shape index (κ2) is 8.61. The van der Waals surface area contributed by atoms with E-state index in [-0.39, 0.29) is 12.0 Å². The quantitative estimate of drug-likeness (QED) is 0.633. The predicted molar refractivity (Wildman–Crippen MR) is 73.7 cm³/mol. The van der Waals surface area contributed by atoms with Crippen molar-refractivity contribution in [3.05, 3.63) is 22.4 Å². The molecule has 0 amide bonds. The fourth-order valence-electron chi connectivity index (χ4n) is 1.38. The summed E-state index contributed by atoms with van der Waals surface area (Å²) >= 11 is 1.64. The zero-order valence-electron chi connectivity index (χ0n) is 11.0. The Hall–Kier alpha value is -0.460. The van der Waals surface area contributed by atoms with Crippen LogP contribution in [0, 0.1) is 5.92 Å². The SMILES string of the molecule is CC(C)C(O)CNCC(O)COCc1cccs1. The van der Waals surface area contributed by atoms with Gasteiger partial charge in [-0.2, -0.15) is 0 Å². The van der Waals surface area contributed by atoms with Crippen LogP contribution in [-0.4, -0.2) is 42.1 Å². The number of aliphatic hydroxyl groups is 2. The molecule has 104 valence electrons. The smallest absolute Gasteiger partial charge is 0.0897 e. The highest BCUT2D eigenvalue weighted by Gasteiger charge is 2.10. The summed E-state index contributed by atoms with van der Waals surface area (Å²) in [4.78, 5) is 1.16. The lowest BCUT2D eigenvalue weighted by Gasteiger charge is -2.17. The number of hydrogen-bond donors (Lipinski definition) is 3. The largest absolute Gasteiger partial charge is 0.392 e. The Balaban J connectivity index is 2.02. The average molecular weight is 273 g/mol. The van der Waals surface area contributed by atoms with Gasteiger partial charge in [-0.3, -0.25) is 0 Å². The lowest BCUT2D eigenvalue weighted by molar-refractivity contribution is 0.0273. The van der Waals surface area contributed by atoms with Crippen LogP contribution in [0.2, 0.25) is 0 Å². The van der Waals surface area contributed by atoms with Crippen molar-refractivity contribution in [3.8, 4) is 0 Å². The third-order valence-electron chi connectivity index (χ3n) is 2.64. The molecule has 0 aliphatic heterocycles. The van der Waals surface area contributed by atoms with Crippen molar-refractivity contribution in [3.63, 3.8) is 0 Å². The van der Waals surface area contributed by atoms with Crippen LogP contribution in [0.3, 0.4) is 0 Å². The monoisotopic (exact) mass is 273 g/mol. The topological polar surface area (TPSA) is 61.7 Å². The minimum atomic E-state index is -0.538. The van der Waals surface area contributed by atoms with E-state index in [0.29, 0.717) is 26.3 Å². The van der Waals surface area contributed by atoms with Gasteiger partial charge >= 0.3 is 0 Å². The fraction of sp³-hybridized carbons (Fsp3) is 0.692. The highest BCUT2D eigenvalue weighted by molar-refractivity contribution is 7.09. The molecule has 18 heavy (non-hydrogen) atoms. The maximum absolute atomic E-state index is 9.66. The Morgan fingerprint density at radius 1 is 1.33 bits per heavy atom. The Kier molecular flexibility index (Phi) is 7.46. The van der Waals surface area contributed by atoms with Crippen LogP contribution in [0.15, 0.2) is 17.5 Å². The number of aliphatic hydroxyl groups excluding tert-OH is 2. The second-order valence-corrected chi connectivity index (χ2v) is 5.75. The van der Waals surface area contributed by atoms with Crippen molar-refractivity contribution < 1.29 is 14.9 Å². The second-order valence-electron chi connectivity index (χ2n) is 4.72. The van der Waals surface area contributed by atoms with E-state index >= 15 is 0 Å². The van der Waals surface area contributed by atoms with Crippen LogP contribution >= 0.6 is 11.3 Å². The van der Waals surface area contributed by atoms with Gasteiger partial charge in [0.1, 0.15) is 0 Å². The van der Waals surface area contributed by atoms with Crippen molar-refractivity contribution in [1.82, 2.24) is 5.32 Å². The zero-order chi connectivity index (χ0) is 13.4. The molecule has 1 aromatic rings. The van der Waals surface area contributed by atoms with Gasteiger partial charge in [-0.25, -0.2) is 0 Å². The Labute approximate surface area is 113 Å². The molecule has 0 aliphatic carbocycles. The highest BCUT2D eigenvalue weighted by Crippen LogP contribution is 2.09. The molecule has 1 aromatic heterocycles. The molecule has 0 fully saturated rings. The van der Waals surface area contributed by atoms with Crippen molar-refractivity contribution in [2.24, 2.45) is 5.92 Å². The maximum atomic E-state index is 9.66. The van der Waals surface area contributed by atoms with E-state index in [2.05, 4.69) is 5.32 Å². The molecule has 1 heterocycles. The molecular formula is C13H23NO3S. The molecule has 0 radical (unpaired) electrons. The van der Waals surface area contributed by atoms with E-state index in [1.165, 1.54) is 0 Å². The van der Waals surface area contributed by atoms with E-state index in [4.69, 9.17) is 4.74 Å². The van der Waals surface area contributed by atoms with Gasteiger partial charge in [-0.15, -0.1) is 11.3 Å². The molecule has 0 bridgehead atoms. The Bertz CT molecular complexity index is 303. The maximum Gasteiger partial charge on any atom is 0.0897 e. The number of nitrogens with one attached hydrogen (secondary N) is 1. The van der Waals surface area contributed by atoms with Crippen LogP contribution in [-0.2, 0) is 11.3 Å². The molecule has 2 atom stereocenters. The van der Waals surface area contributed by atoms with E-state index in [1.807, 2.05) is 31.4 Å². The summed E-state index contributed by atoms with van der Waals surface area (Å²) in [5, 5.41) is 24.3. The van der Waals surface area contributed by atoms with Crippen LogP contribution in [0.5, 0.6) is 0 Å². The van der Waals surface area contributed by atoms with E-state index in [0.717, 1.165) is 4.88 Å². The van der Waals surface area contributed by atoms with Gasteiger partial charge < -0.3 is 20.3 Å². The molecule has 0 spiro atoms. The number of ether oxygens (including phenoxy) is 1. The number of hydrogen-bond acceptors (Lipinski definition) is 5. The standard InChI is InChI=1S/C13H23NO3S/c1-10(2)13(16)7-14-6-11(15)8-17-9-12-4-3-5-18-12/h3-5,10-11,13-16H,6-9H2,1-2H3. The predicted octanol–water partition coefficient (Wildman–Crippen LogP) is 1.23. The fourth-order valence-corrected chi connectivity index (χ4v) is 2.02. The van der Waals surface area contributed by atoms with Gasteiger partial charge in [0.15, 0.2) is 0 Å². The molecular weight excluding hydrogens is 250 g/mol. The first-order valence-corrected chi connectivity index (χ1v) is 7.14. The minimum absolute atomic E-state index is 0.227. The summed E-state index contributed by atoms with van der Waals surface area (Å²) in [6.07, 6.45) is -0.909. The number of rotatable bonds is 9. The van der Waals surface area contributed by atoms with E-state index < -0.39 is 6.10 Å². The van der Waals surface area contributed by atoms with Crippen LogP contribution in [0.4, 0.5) is 0 Å². The third kappa shape index (κ3) is 6.47. The van der Waals surface area contributed by atoms with Crippen molar-refractivity contribution in [2.45, 2.75) is 32.7 Å². The molecule has 0 aliphatic rings. The minimum Gasteiger partial charge on any atom is -0.392 e. The summed E-state index contributed by atoms with van der Waals surface area (Å²) in [6, 6.07) is 3.99. The molecule has 2 unspecified atom stereocenters. The molecule has 5 heteroatoms. The van der Waals surface area contributed by atoms with Crippen LogP contribution < -0.4 is 5.32 Å². The normalized spacial score (nSPS) is 14.9. The summed E-state index contributed by atoms with van der Waals surface area (Å²) in [5.41, 5.74) is 0. The van der Waals surface area contributed by atoms with Crippen LogP contribution in [0.25, 0.3) is 0 Å².